The third kappa shape index (κ3) is 5.14. The second-order valence-corrected chi connectivity index (χ2v) is 9.29. The van der Waals surface area contributed by atoms with Gasteiger partial charge in [0.25, 0.3) is 15.9 Å². The predicted molar refractivity (Wildman–Crippen MR) is 120 cm³/mol. The summed E-state index contributed by atoms with van der Waals surface area (Å²) in [5, 5.41) is 2.74. The Kier molecular flexibility index (Phi) is 6.80. The molecular formula is C23H27N3O4S. The maximum atomic E-state index is 12.9. The number of carbonyl (C=O) groups excluding carboxylic acids is 2. The third-order valence-electron chi connectivity index (χ3n) is 5.24. The molecule has 0 saturated carbocycles. The number of hydrogen-bond acceptors (Lipinski definition) is 4. The fourth-order valence-electron chi connectivity index (χ4n) is 3.73. The minimum absolute atomic E-state index is 0.191. The molecule has 0 bridgehead atoms. The standard InChI is InChI=1S/C23H27N3O4S/c1-4-13-24-22(27)20-6-5-14-26(20)23(28)18-8-10-19(11-9-18)25-31(29,30)21-12-7-16(2)15-17(21)3/h4,7-12,15,20,25H,1,5-6,13-14H2,2-3H3,(H,24,27)/t20-/m1/s1. The normalized spacial score (nSPS) is 16.1. The van der Waals surface area contributed by atoms with Gasteiger partial charge in [0.05, 0.1) is 4.90 Å². The van der Waals surface area contributed by atoms with Gasteiger partial charge in [-0.15, -0.1) is 6.58 Å². The Balaban J connectivity index is 1.73. The van der Waals surface area contributed by atoms with Gasteiger partial charge in [-0.25, -0.2) is 8.42 Å². The van der Waals surface area contributed by atoms with E-state index in [4.69, 9.17) is 0 Å². The van der Waals surface area contributed by atoms with Crippen LogP contribution < -0.4 is 10.0 Å². The zero-order valence-electron chi connectivity index (χ0n) is 17.7. The van der Waals surface area contributed by atoms with Crippen LogP contribution in [0.15, 0.2) is 60.0 Å². The number of rotatable bonds is 7. The molecule has 0 radical (unpaired) electrons. The molecule has 164 valence electrons. The molecule has 7 nitrogen and oxygen atoms in total. The van der Waals surface area contributed by atoms with Crippen molar-refractivity contribution in [2.24, 2.45) is 0 Å². The summed E-state index contributed by atoms with van der Waals surface area (Å²) in [6.07, 6.45) is 2.96. The van der Waals surface area contributed by atoms with Crippen molar-refractivity contribution in [2.45, 2.75) is 37.6 Å². The summed E-state index contributed by atoms with van der Waals surface area (Å²) in [6, 6.07) is 10.9. The van der Waals surface area contributed by atoms with E-state index >= 15 is 0 Å². The van der Waals surface area contributed by atoms with Crippen molar-refractivity contribution >= 4 is 27.5 Å². The van der Waals surface area contributed by atoms with Crippen molar-refractivity contribution < 1.29 is 18.0 Å². The van der Waals surface area contributed by atoms with Crippen molar-refractivity contribution in [1.29, 1.82) is 0 Å². The lowest BCUT2D eigenvalue weighted by Gasteiger charge is -2.24. The lowest BCUT2D eigenvalue weighted by molar-refractivity contribution is -0.124. The van der Waals surface area contributed by atoms with Gasteiger partial charge in [-0.05, 0) is 62.6 Å². The maximum Gasteiger partial charge on any atom is 0.262 e. The van der Waals surface area contributed by atoms with Crippen LogP contribution in [0.5, 0.6) is 0 Å². The van der Waals surface area contributed by atoms with E-state index in [-0.39, 0.29) is 16.7 Å². The van der Waals surface area contributed by atoms with Crippen molar-refractivity contribution in [2.75, 3.05) is 17.8 Å². The van der Waals surface area contributed by atoms with Gasteiger partial charge >= 0.3 is 0 Å². The first kappa shape index (κ1) is 22.6. The molecule has 2 amide bonds. The zero-order chi connectivity index (χ0) is 22.6. The third-order valence-corrected chi connectivity index (χ3v) is 6.78. The molecule has 0 aromatic heterocycles. The van der Waals surface area contributed by atoms with E-state index in [0.717, 1.165) is 12.0 Å². The van der Waals surface area contributed by atoms with Gasteiger partial charge < -0.3 is 10.2 Å². The average molecular weight is 442 g/mol. The van der Waals surface area contributed by atoms with Gasteiger partial charge in [-0.2, -0.15) is 0 Å². The molecule has 1 aliphatic heterocycles. The molecule has 1 fully saturated rings. The second kappa shape index (κ2) is 9.34. The molecule has 1 heterocycles. The first-order chi connectivity index (χ1) is 14.7. The fourth-order valence-corrected chi connectivity index (χ4v) is 5.02. The monoisotopic (exact) mass is 441 g/mol. The molecule has 8 heteroatoms. The smallest absolute Gasteiger partial charge is 0.262 e. The van der Waals surface area contributed by atoms with Crippen LogP contribution in [0.1, 0.15) is 34.3 Å². The molecule has 2 aromatic rings. The molecule has 1 atom stereocenters. The number of nitrogens with one attached hydrogen (secondary N) is 2. The lowest BCUT2D eigenvalue weighted by Crippen LogP contribution is -2.46. The molecule has 0 spiro atoms. The van der Waals surface area contributed by atoms with E-state index in [2.05, 4.69) is 16.6 Å². The average Bonchev–Trinajstić information content (AvgIpc) is 3.21. The summed E-state index contributed by atoms with van der Waals surface area (Å²) in [5.74, 6) is -0.441. The van der Waals surface area contributed by atoms with Crippen LogP contribution in [0.2, 0.25) is 0 Å². The van der Waals surface area contributed by atoms with E-state index in [1.165, 1.54) is 0 Å². The van der Waals surface area contributed by atoms with E-state index in [0.29, 0.717) is 36.3 Å². The number of benzene rings is 2. The highest BCUT2D eigenvalue weighted by atomic mass is 32.2. The minimum Gasteiger partial charge on any atom is -0.351 e. The number of sulfonamides is 1. The largest absolute Gasteiger partial charge is 0.351 e. The highest BCUT2D eigenvalue weighted by Gasteiger charge is 2.34. The Morgan fingerprint density at radius 3 is 2.52 bits per heavy atom. The van der Waals surface area contributed by atoms with Gasteiger partial charge in [-0.3, -0.25) is 14.3 Å². The number of nitrogens with zero attached hydrogens (tertiary/aromatic N) is 1. The molecule has 3 rings (SSSR count). The molecule has 2 N–H and O–H groups in total. The minimum atomic E-state index is -3.74. The van der Waals surface area contributed by atoms with Crippen molar-refractivity contribution in [3.05, 3.63) is 71.8 Å². The summed E-state index contributed by atoms with van der Waals surface area (Å²) in [4.78, 5) is 27.0. The Morgan fingerprint density at radius 1 is 1.16 bits per heavy atom. The Morgan fingerprint density at radius 2 is 1.87 bits per heavy atom. The van der Waals surface area contributed by atoms with E-state index < -0.39 is 16.1 Å². The number of carbonyl (C=O) groups is 2. The summed E-state index contributed by atoms with van der Waals surface area (Å²) >= 11 is 0. The van der Waals surface area contributed by atoms with Crippen LogP contribution in [-0.2, 0) is 14.8 Å². The van der Waals surface area contributed by atoms with Gasteiger partial charge in [0.2, 0.25) is 5.91 Å². The van der Waals surface area contributed by atoms with Crippen LogP contribution in [0.4, 0.5) is 5.69 Å². The van der Waals surface area contributed by atoms with Gasteiger partial charge in [0, 0.05) is 24.3 Å². The Bertz CT molecular complexity index is 1090. The lowest BCUT2D eigenvalue weighted by atomic mass is 10.1. The van der Waals surface area contributed by atoms with Gasteiger partial charge in [0.1, 0.15) is 6.04 Å². The molecule has 0 aliphatic carbocycles. The number of likely N-dealkylation sites (tertiary alicyclic amines) is 1. The summed E-state index contributed by atoms with van der Waals surface area (Å²) in [7, 11) is -3.74. The predicted octanol–water partition coefficient (Wildman–Crippen LogP) is 3.01. The SMILES string of the molecule is C=CCNC(=O)[C@H]1CCCN1C(=O)c1ccc(NS(=O)(=O)c2ccc(C)cc2C)cc1. The Labute approximate surface area is 183 Å². The number of hydrogen-bond donors (Lipinski definition) is 2. The molecule has 2 aromatic carbocycles. The molecule has 0 unspecified atom stereocenters. The van der Waals surface area contributed by atoms with Crippen molar-refractivity contribution in [1.82, 2.24) is 10.2 Å². The topological polar surface area (TPSA) is 95.6 Å². The highest BCUT2D eigenvalue weighted by Crippen LogP contribution is 2.23. The number of anilines is 1. The van der Waals surface area contributed by atoms with E-state index in [1.54, 1.807) is 54.3 Å². The maximum absolute atomic E-state index is 12.9. The summed E-state index contributed by atoms with van der Waals surface area (Å²) in [6.45, 7) is 8.09. The van der Waals surface area contributed by atoms with Crippen molar-refractivity contribution in [3.8, 4) is 0 Å². The van der Waals surface area contributed by atoms with Gasteiger partial charge in [0.15, 0.2) is 0 Å². The summed E-state index contributed by atoms with van der Waals surface area (Å²) < 4.78 is 28.0. The quantitative estimate of drug-likeness (QED) is 0.646. The van der Waals surface area contributed by atoms with E-state index in [9.17, 15) is 18.0 Å². The van der Waals surface area contributed by atoms with Crippen LogP contribution >= 0.6 is 0 Å². The molecular weight excluding hydrogens is 414 g/mol. The van der Waals surface area contributed by atoms with Crippen LogP contribution in [0.25, 0.3) is 0 Å². The van der Waals surface area contributed by atoms with Crippen molar-refractivity contribution in [3.63, 3.8) is 0 Å². The fraction of sp³-hybridized carbons (Fsp3) is 0.304. The molecule has 1 aliphatic rings. The van der Waals surface area contributed by atoms with Gasteiger partial charge in [-0.1, -0.05) is 23.8 Å². The van der Waals surface area contributed by atoms with E-state index in [1.807, 2.05) is 13.0 Å². The first-order valence-electron chi connectivity index (χ1n) is 10.1. The molecule has 31 heavy (non-hydrogen) atoms. The Hall–Kier alpha value is -3.13. The highest BCUT2D eigenvalue weighted by molar-refractivity contribution is 7.92. The number of amides is 2. The first-order valence-corrected chi connectivity index (χ1v) is 11.6. The zero-order valence-corrected chi connectivity index (χ0v) is 18.5. The second-order valence-electron chi connectivity index (χ2n) is 7.64. The van der Waals surface area contributed by atoms with Crippen LogP contribution in [0.3, 0.4) is 0 Å². The number of aryl methyl sites for hydroxylation is 2. The summed E-state index contributed by atoms with van der Waals surface area (Å²) in [5.41, 5.74) is 2.41. The van der Waals surface area contributed by atoms with Crippen LogP contribution in [-0.4, -0.2) is 44.3 Å². The van der Waals surface area contributed by atoms with Crippen LogP contribution in [0, 0.1) is 13.8 Å². The molecule has 1 saturated heterocycles.